The highest BCUT2D eigenvalue weighted by Crippen LogP contribution is 2.40. The minimum Gasteiger partial charge on any atom is -0.207 e. The monoisotopic (exact) mass is 306 g/mol. The normalized spacial score (nSPS) is 18.9. The standard InChI is InChI=1S/C20H28F2/c1-2-3-4-5-6-7-8-17-9-11-18(12-10-17)19-13-15-20(21,22)16-14-19/h7-12,19H,2-6,13-16H2,1H3. The lowest BCUT2D eigenvalue weighted by Crippen LogP contribution is -2.23. The van der Waals surface area contributed by atoms with E-state index in [1.165, 1.54) is 36.8 Å². The van der Waals surface area contributed by atoms with Crippen LogP contribution in [-0.2, 0) is 0 Å². The summed E-state index contributed by atoms with van der Waals surface area (Å²) in [5, 5.41) is 0. The van der Waals surface area contributed by atoms with Crippen LogP contribution in [-0.4, -0.2) is 5.92 Å². The van der Waals surface area contributed by atoms with Gasteiger partial charge in [-0.15, -0.1) is 0 Å². The molecule has 0 heterocycles. The highest BCUT2D eigenvalue weighted by Gasteiger charge is 2.35. The lowest BCUT2D eigenvalue weighted by atomic mass is 9.82. The number of hydrogen-bond acceptors (Lipinski definition) is 0. The van der Waals surface area contributed by atoms with Gasteiger partial charge in [-0.3, -0.25) is 0 Å². The Hall–Kier alpha value is -1.18. The van der Waals surface area contributed by atoms with E-state index in [0.29, 0.717) is 18.8 Å². The smallest absolute Gasteiger partial charge is 0.207 e. The molecule has 0 spiro atoms. The fraction of sp³-hybridized carbons (Fsp3) is 0.600. The van der Waals surface area contributed by atoms with Crippen molar-refractivity contribution in [2.75, 3.05) is 0 Å². The molecule has 1 aromatic carbocycles. The Morgan fingerprint density at radius 1 is 1.05 bits per heavy atom. The summed E-state index contributed by atoms with van der Waals surface area (Å²) in [5.41, 5.74) is 2.43. The van der Waals surface area contributed by atoms with Crippen LogP contribution in [0, 0.1) is 0 Å². The highest BCUT2D eigenvalue weighted by molar-refractivity contribution is 5.49. The second-order valence-corrected chi connectivity index (χ2v) is 6.55. The Labute approximate surface area is 133 Å². The molecule has 2 heteroatoms. The van der Waals surface area contributed by atoms with E-state index in [1.807, 2.05) is 0 Å². The average Bonchev–Trinajstić information content (AvgIpc) is 2.51. The third-order valence-corrected chi connectivity index (χ3v) is 4.66. The zero-order valence-electron chi connectivity index (χ0n) is 13.7. The zero-order valence-corrected chi connectivity index (χ0v) is 13.7. The summed E-state index contributed by atoms with van der Waals surface area (Å²) in [6, 6.07) is 8.46. The van der Waals surface area contributed by atoms with Crippen LogP contribution in [0.4, 0.5) is 8.78 Å². The summed E-state index contributed by atoms with van der Waals surface area (Å²) in [6.07, 6.45) is 12.0. The van der Waals surface area contributed by atoms with E-state index < -0.39 is 5.92 Å². The van der Waals surface area contributed by atoms with Gasteiger partial charge in [-0.2, -0.15) is 0 Å². The zero-order chi connectivity index (χ0) is 15.8. The molecule has 1 aliphatic rings. The Balaban J connectivity index is 1.79. The van der Waals surface area contributed by atoms with Gasteiger partial charge in [0.1, 0.15) is 0 Å². The molecule has 0 N–H and O–H groups in total. The molecular weight excluding hydrogens is 278 g/mol. The van der Waals surface area contributed by atoms with E-state index in [2.05, 4.69) is 43.3 Å². The molecule has 1 saturated carbocycles. The second-order valence-electron chi connectivity index (χ2n) is 6.55. The topological polar surface area (TPSA) is 0 Å². The molecule has 0 nitrogen and oxygen atoms in total. The van der Waals surface area contributed by atoms with Crippen LogP contribution in [0.25, 0.3) is 6.08 Å². The molecule has 1 aliphatic carbocycles. The molecule has 122 valence electrons. The van der Waals surface area contributed by atoms with Crippen LogP contribution in [0.1, 0.15) is 81.8 Å². The summed E-state index contributed by atoms with van der Waals surface area (Å²) < 4.78 is 26.4. The number of hydrogen-bond donors (Lipinski definition) is 0. The van der Waals surface area contributed by atoms with Crippen molar-refractivity contribution in [2.45, 2.75) is 76.6 Å². The van der Waals surface area contributed by atoms with Gasteiger partial charge in [-0.25, -0.2) is 8.78 Å². The highest BCUT2D eigenvalue weighted by atomic mass is 19.3. The third kappa shape index (κ3) is 5.55. The lowest BCUT2D eigenvalue weighted by Gasteiger charge is -2.28. The first kappa shape index (κ1) is 17.2. The second kappa shape index (κ2) is 8.45. The van der Waals surface area contributed by atoms with Gasteiger partial charge in [-0.1, -0.05) is 62.6 Å². The van der Waals surface area contributed by atoms with Crippen molar-refractivity contribution >= 4 is 6.08 Å². The van der Waals surface area contributed by atoms with E-state index in [0.717, 1.165) is 6.42 Å². The SMILES string of the molecule is CCCCCCC=Cc1ccc(C2CCC(F)(F)CC2)cc1. The van der Waals surface area contributed by atoms with Crippen LogP contribution in [0.15, 0.2) is 30.3 Å². The molecule has 0 unspecified atom stereocenters. The number of unbranched alkanes of at least 4 members (excludes halogenated alkanes) is 4. The maximum atomic E-state index is 13.2. The van der Waals surface area contributed by atoms with Gasteiger partial charge >= 0.3 is 0 Å². The summed E-state index contributed by atoms with van der Waals surface area (Å²) in [4.78, 5) is 0. The number of rotatable bonds is 7. The predicted molar refractivity (Wildman–Crippen MR) is 90.4 cm³/mol. The van der Waals surface area contributed by atoms with Crippen LogP contribution in [0.3, 0.4) is 0 Å². The van der Waals surface area contributed by atoms with Crippen molar-refractivity contribution < 1.29 is 8.78 Å². The van der Waals surface area contributed by atoms with Crippen molar-refractivity contribution in [2.24, 2.45) is 0 Å². The number of allylic oxidation sites excluding steroid dienone is 1. The molecule has 0 bridgehead atoms. The largest absolute Gasteiger partial charge is 0.248 e. The molecule has 1 fully saturated rings. The van der Waals surface area contributed by atoms with Crippen molar-refractivity contribution in [3.63, 3.8) is 0 Å². The van der Waals surface area contributed by atoms with Crippen molar-refractivity contribution in [1.29, 1.82) is 0 Å². The molecule has 0 radical (unpaired) electrons. The predicted octanol–water partition coefficient (Wildman–Crippen LogP) is 6.96. The molecule has 0 saturated heterocycles. The molecule has 1 aromatic rings. The molecule has 2 rings (SSSR count). The Morgan fingerprint density at radius 2 is 1.73 bits per heavy atom. The first-order valence-corrected chi connectivity index (χ1v) is 8.75. The van der Waals surface area contributed by atoms with Gasteiger partial charge < -0.3 is 0 Å². The molecule has 22 heavy (non-hydrogen) atoms. The van der Waals surface area contributed by atoms with Gasteiger partial charge in [0, 0.05) is 12.8 Å². The maximum Gasteiger partial charge on any atom is 0.248 e. The van der Waals surface area contributed by atoms with Crippen LogP contribution in [0.5, 0.6) is 0 Å². The molecule has 0 aromatic heterocycles. The first-order valence-electron chi connectivity index (χ1n) is 8.75. The van der Waals surface area contributed by atoms with Crippen LogP contribution >= 0.6 is 0 Å². The molecule has 0 amide bonds. The van der Waals surface area contributed by atoms with E-state index in [-0.39, 0.29) is 12.8 Å². The van der Waals surface area contributed by atoms with Gasteiger partial charge in [0.15, 0.2) is 0 Å². The summed E-state index contributed by atoms with van der Waals surface area (Å²) in [7, 11) is 0. The summed E-state index contributed by atoms with van der Waals surface area (Å²) >= 11 is 0. The fourth-order valence-electron chi connectivity index (χ4n) is 3.16. The summed E-state index contributed by atoms with van der Waals surface area (Å²) in [6.45, 7) is 2.23. The van der Waals surface area contributed by atoms with Crippen LogP contribution in [0.2, 0.25) is 0 Å². The van der Waals surface area contributed by atoms with Crippen molar-refractivity contribution in [3.05, 3.63) is 41.5 Å². The van der Waals surface area contributed by atoms with Gasteiger partial charge in [0.2, 0.25) is 5.92 Å². The van der Waals surface area contributed by atoms with Crippen LogP contribution < -0.4 is 0 Å². The van der Waals surface area contributed by atoms with E-state index in [9.17, 15) is 8.78 Å². The van der Waals surface area contributed by atoms with Crippen molar-refractivity contribution in [1.82, 2.24) is 0 Å². The maximum absolute atomic E-state index is 13.2. The third-order valence-electron chi connectivity index (χ3n) is 4.66. The number of halogens is 2. The Morgan fingerprint density at radius 3 is 2.36 bits per heavy atom. The Bertz CT molecular complexity index is 449. The van der Waals surface area contributed by atoms with Gasteiger partial charge in [0.25, 0.3) is 0 Å². The molecule has 0 atom stereocenters. The quantitative estimate of drug-likeness (QED) is 0.477. The van der Waals surface area contributed by atoms with Gasteiger partial charge in [-0.05, 0) is 42.7 Å². The van der Waals surface area contributed by atoms with Gasteiger partial charge in [0.05, 0.1) is 0 Å². The van der Waals surface area contributed by atoms with E-state index >= 15 is 0 Å². The molecular formula is C20H28F2. The number of alkyl halides is 2. The first-order chi connectivity index (χ1) is 10.6. The van der Waals surface area contributed by atoms with Crippen molar-refractivity contribution in [3.8, 4) is 0 Å². The van der Waals surface area contributed by atoms with E-state index in [1.54, 1.807) is 0 Å². The average molecular weight is 306 g/mol. The fourth-order valence-corrected chi connectivity index (χ4v) is 3.16. The lowest BCUT2D eigenvalue weighted by molar-refractivity contribution is -0.0382. The minimum absolute atomic E-state index is 0.0388. The molecule has 0 aliphatic heterocycles. The number of benzene rings is 1. The Kier molecular flexibility index (Phi) is 6.60. The van der Waals surface area contributed by atoms with E-state index in [4.69, 9.17) is 0 Å². The minimum atomic E-state index is -2.43. The summed E-state index contributed by atoms with van der Waals surface area (Å²) in [5.74, 6) is -2.12.